The molecule has 3 rings (SSSR count). The number of rotatable bonds is 9. The van der Waals surface area contributed by atoms with Crippen molar-refractivity contribution >= 4 is 34.9 Å². The monoisotopic (exact) mass is 504 g/mol. The van der Waals surface area contributed by atoms with Crippen LogP contribution in [-0.2, 0) is 15.1 Å². The van der Waals surface area contributed by atoms with E-state index in [4.69, 9.17) is 27.9 Å². The van der Waals surface area contributed by atoms with Crippen LogP contribution in [0.5, 0.6) is 0 Å². The van der Waals surface area contributed by atoms with E-state index in [1.165, 1.54) is 29.4 Å². The number of halogens is 2. The topological polar surface area (TPSA) is 32.8 Å². The van der Waals surface area contributed by atoms with E-state index >= 15 is 0 Å². The van der Waals surface area contributed by atoms with Gasteiger partial charge in [-0.1, -0.05) is 55.2 Å². The van der Waals surface area contributed by atoms with E-state index in [-0.39, 0.29) is 17.4 Å². The minimum Gasteiger partial charge on any atom is -0.469 e. The second-order valence-corrected chi connectivity index (χ2v) is 10.9. The van der Waals surface area contributed by atoms with E-state index in [2.05, 4.69) is 56.6 Å². The van der Waals surface area contributed by atoms with Gasteiger partial charge in [-0.2, -0.15) is 0 Å². The summed E-state index contributed by atoms with van der Waals surface area (Å²) in [7, 11) is 1.46. The van der Waals surface area contributed by atoms with E-state index in [0.717, 1.165) is 38.3 Å². The summed E-state index contributed by atoms with van der Waals surface area (Å²) in [6, 6.07) is 10.4. The highest BCUT2D eigenvalue weighted by molar-refractivity contribution is 6.39. The van der Waals surface area contributed by atoms with E-state index < -0.39 is 0 Å². The zero-order chi connectivity index (χ0) is 25.2. The highest BCUT2D eigenvalue weighted by Gasteiger charge is 2.34. The Morgan fingerprint density at radius 2 is 1.74 bits per heavy atom. The third kappa shape index (κ3) is 5.40. The van der Waals surface area contributed by atoms with Crippen molar-refractivity contribution in [3.63, 3.8) is 0 Å². The fourth-order valence-corrected chi connectivity index (χ4v) is 5.93. The number of carbonyl (C=O) groups is 1. The third-order valence-electron chi connectivity index (χ3n) is 7.45. The predicted octanol–water partition coefficient (Wildman–Crippen LogP) is 6.97. The number of carbonyl (C=O) groups excluding carboxylic acids is 1. The molecular formula is C28H38Cl2N2O2. The van der Waals surface area contributed by atoms with Crippen LogP contribution in [0.3, 0.4) is 0 Å². The molecule has 4 nitrogen and oxygen atoms in total. The maximum absolute atomic E-state index is 11.8. The SMILES string of the molecule is CCN(CCC(C)C(=O)OC)C(C)(C)c1cc(C)c(C2CN(c3c(Cl)cccc3Cl)C2)c(C)c1. The Labute approximate surface area is 215 Å². The van der Waals surface area contributed by atoms with Crippen molar-refractivity contribution in [1.29, 1.82) is 0 Å². The number of hydrogen-bond acceptors (Lipinski definition) is 4. The third-order valence-corrected chi connectivity index (χ3v) is 8.06. The average molecular weight is 506 g/mol. The molecule has 0 bridgehead atoms. The number of methoxy groups -OCH3 is 1. The van der Waals surface area contributed by atoms with Gasteiger partial charge in [-0.05, 0) is 81.6 Å². The maximum atomic E-state index is 11.8. The molecule has 1 aliphatic rings. The molecule has 0 saturated carbocycles. The van der Waals surface area contributed by atoms with Crippen molar-refractivity contribution in [2.24, 2.45) is 5.92 Å². The molecule has 2 aromatic carbocycles. The number of aryl methyl sites for hydroxylation is 2. The van der Waals surface area contributed by atoms with Gasteiger partial charge in [-0.3, -0.25) is 9.69 Å². The molecule has 1 unspecified atom stereocenters. The molecule has 1 saturated heterocycles. The molecule has 186 valence electrons. The molecule has 1 atom stereocenters. The molecule has 1 aliphatic heterocycles. The van der Waals surface area contributed by atoms with Crippen molar-refractivity contribution < 1.29 is 9.53 Å². The smallest absolute Gasteiger partial charge is 0.308 e. The number of ether oxygens (including phenoxy) is 1. The Morgan fingerprint density at radius 3 is 2.24 bits per heavy atom. The molecule has 34 heavy (non-hydrogen) atoms. The Balaban J connectivity index is 1.76. The lowest BCUT2D eigenvalue weighted by Gasteiger charge is -2.44. The maximum Gasteiger partial charge on any atom is 0.308 e. The second-order valence-electron chi connectivity index (χ2n) is 10.0. The predicted molar refractivity (Wildman–Crippen MR) is 143 cm³/mol. The van der Waals surface area contributed by atoms with Gasteiger partial charge >= 0.3 is 5.97 Å². The summed E-state index contributed by atoms with van der Waals surface area (Å²) in [6.07, 6.45) is 0.780. The Morgan fingerprint density at radius 1 is 1.18 bits per heavy atom. The van der Waals surface area contributed by atoms with Gasteiger partial charge in [0.05, 0.1) is 28.8 Å². The molecule has 0 amide bonds. The zero-order valence-electron chi connectivity index (χ0n) is 21.5. The molecule has 0 aromatic heterocycles. The van der Waals surface area contributed by atoms with Crippen molar-refractivity contribution in [2.75, 3.05) is 38.2 Å². The van der Waals surface area contributed by atoms with Crippen LogP contribution in [0.25, 0.3) is 0 Å². The number of anilines is 1. The Bertz CT molecular complexity index is 988. The summed E-state index contributed by atoms with van der Waals surface area (Å²) < 4.78 is 4.90. The van der Waals surface area contributed by atoms with Crippen molar-refractivity contribution in [2.45, 2.75) is 59.4 Å². The summed E-state index contributed by atoms with van der Waals surface area (Å²) >= 11 is 12.8. The van der Waals surface area contributed by atoms with Crippen LogP contribution >= 0.6 is 23.2 Å². The molecule has 0 N–H and O–H groups in total. The molecule has 1 fully saturated rings. The number of benzene rings is 2. The first-order valence-electron chi connectivity index (χ1n) is 12.1. The van der Waals surface area contributed by atoms with Gasteiger partial charge in [-0.25, -0.2) is 0 Å². The first kappa shape index (κ1) is 26.8. The number of nitrogens with zero attached hydrogens (tertiary/aromatic N) is 2. The quantitative estimate of drug-likeness (QED) is 0.345. The van der Waals surface area contributed by atoms with Crippen LogP contribution in [0.15, 0.2) is 30.3 Å². The van der Waals surface area contributed by atoms with Crippen LogP contribution in [0.4, 0.5) is 5.69 Å². The fourth-order valence-electron chi connectivity index (χ4n) is 5.29. The second kappa shape index (κ2) is 10.9. The van der Waals surface area contributed by atoms with Crippen molar-refractivity contribution in [1.82, 2.24) is 4.90 Å². The molecule has 0 spiro atoms. The molecule has 6 heteroatoms. The summed E-state index contributed by atoms with van der Waals surface area (Å²) in [5, 5.41) is 1.41. The van der Waals surface area contributed by atoms with Gasteiger partial charge in [0.15, 0.2) is 0 Å². The van der Waals surface area contributed by atoms with Crippen molar-refractivity contribution in [3.05, 3.63) is 62.6 Å². The zero-order valence-corrected chi connectivity index (χ0v) is 23.1. The van der Waals surface area contributed by atoms with Crippen LogP contribution in [0.2, 0.25) is 10.0 Å². The number of hydrogen-bond donors (Lipinski definition) is 0. The van der Waals surface area contributed by atoms with Gasteiger partial charge in [0, 0.05) is 24.5 Å². The minimum absolute atomic E-state index is 0.103. The lowest BCUT2D eigenvalue weighted by Crippen LogP contribution is -2.46. The summed E-state index contributed by atoms with van der Waals surface area (Å²) in [4.78, 5) is 16.6. The largest absolute Gasteiger partial charge is 0.469 e. The number of esters is 1. The first-order chi connectivity index (χ1) is 16.0. The fraction of sp³-hybridized carbons (Fsp3) is 0.536. The standard InChI is InChI=1S/C28H38Cl2N2O2/c1-8-32(13-12-18(2)27(33)34-7)28(5,6)22-14-19(3)25(20(4)15-22)21-16-31(17-21)26-23(29)10-9-11-24(26)30/h9-11,14-15,18,21H,8,12-13,16-17H2,1-7H3. The summed E-state index contributed by atoms with van der Waals surface area (Å²) in [5.41, 5.74) is 6.20. The first-order valence-corrected chi connectivity index (χ1v) is 12.9. The molecule has 2 aromatic rings. The van der Waals surface area contributed by atoms with Gasteiger partial charge < -0.3 is 9.64 Å². The molecular weight excluding hydrogens is 467 g/mol. The van der Waals surface area contributed by atoms with E-state index in [9.17, 15) is 4.79 Å². The lowest BCUT2D eigenvalue weighted by molar-refractivity contribution is -0.145. The van der Waals surface area contributed by atoms with Crippen LogP contribution in [0.1, 0.15) is 62.3 Å². The van der Waals surface area contributed by atoms with E-state index in [0.29, 0.717) is 16.0 Å². The minimum atomic E-state index is -0.143. The van der Waals surface area contributed by atoms with E-state index in [1.54, 1.807) is 0 Å². The van der Waals surface area contributed by atoms with Crippen LogP contribution in [0, 0.1) is 19.8 Å². The van der Waals surface area contributed by atoms with Crippen LogP contribution in [-0.4, -0.2) is 44.2 Å². The van der Waals surface area contributed by atoms with E-state index in [1.807, 2.05) is 25.1 Å². The molecule has 0 radical (unpaired) electrons. The molecule has 1 heterocycles. The number of para-hydroxylation sites is 1. The Hall–Kier alpha value is -1.75. The Kier molecular flexibility index (Phi) is 8.60. The van der Waals surface area contributed by atoms with Crippen LogP contribution < -0.4 is 4.90 Å². The van der Waals surface area contributed by atoms with Crippen molar-refractivity contribution in [3.8, 4) is 0 Å². The summed E-state index contributed by atoms with van der Waals surface area (Å²) in [5.74, 6) is 0.221. The normalized spacial score (nSPS) is 15.4. The van der Waals surface area contributed by atoms with Gasteiger partial charge in [0.1, 0.15) is 0 Å². The molecule has 0 aliphatic carbocycles. The highest BCUT2D eigenvalue weighted by Crippen LogP contribution is 2.42. The lowest BCUT2D eigenvalue weighted by atomic mass is 9.81. The van der Waals surface area contributed by atoms with Gasteiger partial charge in [-0.15, -0.1) is 0 Å². The average Bonchev–Trinajstić information content (AvgIpc) is 2.75. The highest BCUT2D eigenvalue weighted by atomic mass is 35.5. The summed E-state index contributed by atoms with van der Waals surface area (Å²) in [6.45, 7) is 16.7. The van der Waals surface area contributed by atoms with Gasteiger partial charge in [0.25, 0.3) is 0 Å². The van der Waals surface area contributed by atoms with Gasteiger partial charge in [0.2, 0.25) is 0 Å².